The monoisotopic (exact) mass is 258 g/mol. The van der Waals surface area contributed by atoms with E-state index in [0.717, 1.165) is 6.54 Å². The lowest BCUT2D eigenvalue weighted by Gasteiger charge is -2.24. The van der Waals surface area contributed by atoms with Crippen molar-refractivity contribution < 1.29 is 14.6 Å². The van der Waals surface area contributed by atoms with Crippen LogP contribution >= 0.6 is 0 Å². The second-order valence-corrected chi connectivity index (χ2v) is 6.36. The van der Waals surface area contributed by atoms with Crippen LogP contribution in [0.25, 0.3) is 0 Å². The Kier molecular flexibility index (Phi) is 4.99. The van der Waals surface area contributed by atoms with Crippen LogP contribution in [0.4, 0.5) is 4.79 Å². The van der Waals surface area contributed by atoms with Gasteiger partial charge in [0.1, 0.15) is 5.60 Å². The van der Waals surface area contributed by atoms with Gasteiger partial charge in [0.2, 0.25) is 0 Å². The largest absolute Gasteiger partial charge is 0.444 e. The van der Waals surface area contributed by atoms with E-state index in [0.29, 0.717) is 19.0 Å². The van der Waals surface area contributed by atoms with Gasteiger partial charge in [-0.2, -0.15) is 0 Å². The molecule has 1 amide bonds. The Labute approximate surface area is 109 Å². The van der Waals surface area contributed by atoms with Gasteiger partial charge in [-0.1, -0.05) is 13.8 Å². The number of β-amino-alcohol motifs (C(OH)–C–C–N with tert-alkyl or cyclic N) is 1. The van der Waals surface area contributed by atoms with Gasteiger partial charge in [-0.25, -0.2) is 4.79 Å². The molecular formula is C13H26N2O3. The van der Waals surface area contributed by atoms with E-state index >= 15 is 0 Å². The summed E-state index contributed by atoms with van der Waals surface area (Å²) in [7, 11) is 0. The third-order valence-electron chi connectivity index (χ3n) is 2.73. The van der Waals surface area contributed by atoms with Crippen molar-refractivity contribution >= 4 is 6.09 Å². The molecule has 18 heavy (non-hydrogen) atoms. The van der Waals surface area contributed by atoms with Gasteiger partial charge in [-0.05, 0) is 33.2 Å². The van der Waals surface area contributed by atoms with E-state index in [4.69, 9.17) is 4.74 Å². The minimum Gasteiger partial charge on any atom is -0.444 e. The summed E-state index contributed by atoms with van der Waals surface area (Å²) in [6.45, 7) is 11.4. The summed E-state index contributed by atoms with van der Waals surface area (Å²) in [5.74, 6) is 0.521. The highest BCUT2D eigenvalue weighted by Crippen LogP contribution is 2.16. The fourth-order valence-electron chi connectivity index (χ4n) is 1.85. The predicted octanol–water partition coefficient (Wildman–Crippen LogP) is 1.21. The zero-order chi connectivity index (χ0) is 13.9. The van der Waals surface area contributed by atoms with Crippen molar-refractivity contribution in [1.82, 2.24) is 10.2 Å². The van der Waals surface area contributed by atoms with Gasteiger partial charge >= 0.3 is 6.09 Å². The second kappa shape index (κ2) is 5.89. The number of carbonyl (C=O) groups excluding carboxylic acids is 1. The Morgan fingerprint density at radius 1 is 1.44 bits per heavy atom. The van der Waals surface area contributed by atoms with E-state index in [1.54, 1.807) is 4.90 Å². The summed E-state index contributed by atoms with van der Waals surface area (Å²) in [6, 6.07) is -0.0556. The van der Waals surface area contributed by atoms with Gasteiger partial charge in [0.15, 0.2) is 0 Å². The number of hydrogen-bond donors (Lipinski definition) is 2. The molecule has 106 valence electrons. The van der Waals surface area contributed by atoms with Crippen LogP contribution in [0.3, 0.4) is 0 Å². The Morgan fingerprint density at radius 2 is 2.06 bits per heavy atom. The molecule has 0 unspecified atom stereocenters. The molecule has 0 radical (unpaired) electrons. The first-order valence-corrected chi connectivity index (χ1v) is 6.58. The lowest BCUT2D eigenvalue weighted by atomic mass is 10.1. The van der Waals surface area contributed by atoms with Crippen LogP contribution in [0.15, 0.2) is 0 Å². The smallest absolute Gasteiger partial charge is 0.410 e. The van der Waals surface area contributed by atoms with Gasteiger partial charge in [0, 0.05) is 6.54 Å². The molecule has 1 aliphatic heterocycles. The Balaban J connectivity index is 2.45. The van der Waals surface area contributed by atoms with Crippen LogP contribution in [0.2, 0.25) is 0 Å². The quantitative estimate of drug-likeness (QED) is 0.799. The van der Waals surface area contributed by atoms with Crippen molar-refractivity contribution in [3.8, 4) is 0 Å². The average Bonchev–Trinajstić information content (AvgIpc) is 2.54. The number of amides is 1. The normalized spacial score (nSPS) is 24.7. The predicted molar refractivity (Wildman–Crippen MR) is 70.4 cm³/mol. The van der Waals surface area contributed by atoms with Crippen molar-refractivity contribution in [2.45, 2.75) is 52.4 Å². The number of nitrogens with zero attached hydrogens (tertiary/aromatic N) is 1. The van der Waals surface area contributed by atoms with E-state index < -0.39 is 11.7 Å². The maximum atomic E-state index is 11.9. The first kappa shape index (κ1) is 15.2. The molecule has 1 heterocycles. The summed E-state index contributed by atoms with van der Waals surface area (Å²) in [6.07, 6.45) is -0.869. The molecule has 5 heteroatoms. The molecule has 1 saturated heterocycles. The fraction of sp³-hybridized carbons (Fsp3) is 0.923. The van der Waals surface area contributed by atoms with Crippen LogP contribution in [0, 0.1) is 5.92 Å². The molecule has 1 fully saturated rings. The number of nitrogens with one attached hydrogen (secondary N) is 1. The van der Waals surface area contributed by atoms with Gasteiger partial charge in [0.05, 0.1) is 18.7 Å². The standard InChI is InChI=1S/C13H26N2O3/c1-9(2)6-14-10-7-15(8-11(10)16)12(17)18-13(3,4)5/h9-11,14,16H,6-8H2,1-5H3/t10-,11-/m0/s1. The summed E-state index contributed by atoms with van der Waals surface area (Å²) >= 11 is 0. The molecule has 5 nitrogen and oxygen atoms in total. The maximum absolute atomic E-state index is 11.9. The summed E-state index contributed by atoms with van der Waals surface area (Å²) in [4.78, 5) is 13.4. The van der Waals surface area contributed by atoms with Gasteiger partial charge in [0.25, 0.3) is 0 Å². The van der Waals surface area contributed by atoms with Crippen LogP contribution in [0.1, 0.15) is 34.6 Å². The van der Waals surface area contributed by atoms with Crippen LogP contribution in [0.5, 0.6) is 0 Å². The molecular weight excluding hydrogens is 232 g/mol. The molecule has 0 aromatic rings. The van der Waals surface area contributed by atoms with Crippen molar-refractivity contribution in [3.63, 3.8) is 0 Å². The van der Waals surface area contributed by atoms with Gasteiger partial charge in [-0.15, -0.1) is 0 Å². The first-order chi connectivity index (χ1) is 8.19. The van der Waals surface area contributed by atoms with Crippen molar-refractivity contribution in [2.24, 2.45) is 5.92 Å². The summed E-state index contributed by atoms with van der Waals surface area (Å²) in [5.41, 5.74) is -0.495. The number of rotatable bonds is 3. The Morgan fingerprint density at radius 3 is 2.56 bits per heavy atom. The number of likely N-dealkylation sites (tertiary alicyclic amines) is 1. The molecule has 1 rings (SSSR count). The SMILES string of the molecule is CC(C)CN[C@H]1CN(C(=O)OC(C)(C)C)C[C@@H]1O. The second-order valence-electron chi connectivity index (χ2n) is 6.36. The number of hydrogen-bond acceptors (Lipinski definition) is 4. The summed E-state index contributed by atoms with van der Waals surface area (Å²) in [5, 5.41) is 13.2. The minimum absolute atomic E-state index is 0.0556. The Hall–Kier alpha value is -0.810. The van der Waals surface area contributed by atoms with E-state index in [2.05, 4.69) is 19.2 Å². The molecule has 2 N–H and O–H groups in total. The van der Waals surface area contributed by atoms with E-state index in [1.807, 2.05) is 20.8 Å². The Bertz CT molecular complexity index is 286. The van der Waals surface area contributed by atoms with Crippen LogP contribution in [-0.4, -0.2) is 53.5 Å². The number of aliphatic hydroxyl groups is 1. The third kappa shape index (κ3) is 4.82. The zero-order valence-electron chi connectivity index (χ0n) is 12.1. The maximum Gasteiger partial charge on any atom is 0.410 e. The molecule has 0 aromatic heterocycles. The molecule has 0 aliphatic carbocycles. The van der Waals surface area contributed by atoms with Gasteiger partial charge in [-0.3, -0.25) is 0 Å². The lowest BCUT2D eigenvalue weighted by Crippen LogP contribution is -2.41. The van der Waals surface area contributed by atoms with Crippen molar-refractivity contribution in [2.75, 3.05) is 19.6 Å². The van der Waals surface area contributed by atoms with Crippen molar-refractivity contribution in [1.29, 1.82) is 0 Å². The highest BCUT2D eigenvalue weighted by atomic mass is 16.6. The highest BCUT2D eigenvalue weighted by Gasteiger charge is 2.35. The average molecular weight is 258 g/mol. The molecule has 0 spiro atoms. The van der Waals surface area contributed by atoms with E-state index in [1.165, 1.54) is 0 Å². The number of aliphatic hydroxyl groups excluding tert-OH is 1. The van der Waals surface area contributed by atoms with E-state index in [9.17, 15) is 9.90 Å². The van der Waals surface area contributed by atoms with E-state index in [-0.39, 0.29) is 12.1 Å². The van der Waals surface area contributed by atoms with Crippen molar-refractivity contribution in [3.05, 3.63) is 0 Å². The topological polar surface area (TPSA) is 61.8 Å². The minimum atomic E-state index is -0.517. The fourth-order valence-corrected chi connectivity index (χ4v) is 1.85. The van der Waals surface area contributed by atoms with Crippen LogP contribution < -0.4 is 5.32 Å². The molecule has 0 aromatic carbocycles. The molecule has 1 aliphatic rings. The molecule has 2 atom stereocenters. The number of ether oxygens (including phenoxy) is 1. The highest BCUT2D eigenvalue weighted by molar-refractivity contribution is 5.68. The summed E-state index contributed by atoms with van der Waals surface area (Å²) < 4.78 is 5.29. The molecule has 0 bridgehead atoms. The molecule has 0 saturated carbocycles. The number of carbonyl (C=O) groups is 1. The van der Waals surface area contributed by atoms with Crippen LogP contribution in [-0.2, 0) is 4.74 Å². The third-order valence-corrected chi connectivity index (χ3v) is 2.73. The first-order valence-electron chi connectivity index (χ1n) is 6.58. The van der Waals surface area contributed by atoms with Gasteiger partial charge < -0.3 is 20.1 Å². The zero-order valence-corrected chi connectivity index (χ0v) is 12.1. The lowest BCUT2D eigenvalue weighted by molar-refractivity contribution is 0.0270.